The molecule has 1 saturated carbocycles. The average molecular weight is 780 g/mol. The van der Waals surface area contributed by atoms with Crippen LogP contribution in [0.1, 0.15) is 60.1 Å². The van der Waals surface area contributed by atoms with Crippen LogP contribution in [0.3, 0.4) is 0 Å². The molecule has 3 atom stereocenters. The first kappa shape index (κ1) is 39.1. The number of halogens is 6. The SMILES string of the molecule is CNc1cc(N2CCc3c(CC4CCN(C5CCN(C6CCNCC6)CC5(F)F)CC4)cccc32)nn2c(C(=O)N[C@@H]3C[C@@H]3F)cnc12.O=C(O)C(F)(F)F. The number of carbonyl (C=O) groups is 2. The van der Waals surface area contributed by atoms with Crippen molar-refractivity contribution in [2.45, 2.75) is 87.8 Å². The third-order valence-corrected chi connectivity index (χ3v) is 11.6. The van der Waals surface area contributed by atoms with Crippen molar-refractivity contribution in [2.75, 3.05) is 63.1 Å². The lowest BCUT2D eigenvalue weighted by atomic mass is 9.86. The van der Waals surface area contributed by atoms with E-state index in [0.717, 1.165) is 89.2 Å². The minimum Gasteiger partial charge on any atom is -0.475 e. The number of benzene rings is 1. The first-order valence-electron chi connectivity index (χ1n) is 19.0. The molecule has 5 aliphatic rings. The van der Waals surface area contributed by atoms with Crippen LogP contribution < -0.4 is 20.9 Å². The van der Waals surface area contributed by atoms with Crippen LogP contribution in [-0.4, -0.2) is 131 Å². The molecule has 1 aliphatic carbocycles. The van der Waals surface area contributed by atoms with Crippen LogP contribution in [0, 0.1) is 5.92 Å². The smallest absolute Gasteiger partial charge is 0.475 e. The van der Waals surface area contributed by atoms with Gasteiger partial charge in [0.15, 0.2) is 17.2 Å². The van der Waals surface area contributed by atoms with Gasteiger partial charge >= 0.3 is 12.1 Å². The summed E-state index contributed by atoms with van der Waals surface area (Å²) >= 11 is 0. The van der Waals surface area contributed by atoms with Crippen LogP contribution in [0.4, 0.5) is 43.5 Å². The number of carbonyl (C=O) groups excluding carboxylic acids is 1. The van der Waals surface area contributed by atoms with Crippen molar-refractivity contribution >= 4 is 34.7 Å². The fourth-order valence-electron chi connectivity index (χ4n) is 8.59. The number of nitrogens with one attached hydrogen (secondary N) is 3. The summed E-state index contributed by atoms with van der Waals surface area (Å²) in [7, 11) is 1.81. The third-order valence-electron chi connectivity index (χ3n) is 11.6. The van der Waals surface area contributed by atoms with Gasteiger partial charge in [0.2, 0.25) is 0 Å². The number of carboxylic acid groups (broad SMARTS) is 1. The van der Waals surface area contributed by atoms with Crippen LogP contribution >= 0.6 is 0 Å². The van der Waals surface area contributed by atoms with Crippen molar-refractivity contribution in [3.63, 3.8) is 0 Å². The van der Waals surface area contributed by atoms with E-state index in [2.05, 4.69) is 53.8 Å². The van der Waals surface area contributed by atoms with Gasteiger partial charge < -0.3 is 26.0 Å². The Morgan fingerprint density at radius 2 is 1.73 bits per heavy atom. The standard InChI is InChI=1S/C35H46F3N9O.C2HF3O2/c1-39-28-19-32(43-47-30(20-41-33(28)47)34(48)42-27-18-26(27)36)46-16-9-25-23(3-2-4-29(25)46)17-22-7-13-44(14-8-22)31-10-15-45(21-35(31,37)38)24-5-11-40-12-6-24;3-2(4,5)1(6)7/h2-4,19-20,22,24,26-27,31,39-40H,5-18,21H2,1H3,(H,42,48);(H,6,7)/t26-,27+,31?;/m0./s1. The molecule has 55 heavy (non-hydrogen) atoms. The van der Waals surface area contributed by atoms with Crippen molar-refractivity contribution < 1.29 is 41.0 Å². The Balaban J connectivity index is 0.000000609. The number of anilines is 3. The number of carboxylic acids is 1. The van der Waals surface area contributed by atoms with Gasteiger partial charge in [0, 0.05) is 44.4 Å². The summed E-state index contributed by atoms with van der Waals surface area (Å²) < 4.78 is 77.8. The van der Waals surface area contributed by atoms with E-state index in [-0.39, 0.29) is 24.2 Å². The Kier molecular flexibility index (Phi) is 11.2. The molecule has 1 aromatic carbocycles. The van der Waals surface area contributed by atoms with Crippen LogP contribution in [0.2, 0.25) is 0 Å². The topological polar surface area (TPSA) is 130 Å². The first-order valence-corrected chi connectivity index (χ1v) is 19.0. The monoisotopic (exact) mass is 779 g/mol. The van der Waals surface area contributed by atoms with Crippen molar-refractivity contribution in [2.24, 2.45) is 5.92 Å². The van der Waals surface area contributed by atoms with E-state index in [1.807, 2.05) is 13.1 Å². The number of hydrogen-bond donors (Lipinski definition) is 4. The molecule has 1 amide bonds. The first-order chi connectivity index (χ1) is 26.2. The Bertz CT molecular complexity index is 1860. The predicted octanol–water partition coefficient (Wildman–Crippen LogP) is 4.65. The molecular formula is C37H47F6N9O3. The highest BCUT2D eigenvalue weighted by Gasteiger charge is 2.49. The number of piperidine rings is 3. The second kappa shape index (κ2) is 15.8. The minimum absolute atomic E-state index is 0.109. The molecule has 3 saturated heterocycles. The lowest BCUT2D eigenvalue weighted by Crippen LogP contribution is -2.61. The molecule has 300 valence electrons. The number of hydrogen-bond acceptors (Lipinski definition) is 9. The minimum atomic E-state index is -5.08. The lowest BCUT2D eigenvalue weighted by molar-refractivity contribution is -0.192. The Labute approximate surface area is 314 Å². The summed E-state index contributed by atoms with van der Waals surface area (Å²) in [4.78, 5) is 32.6. The Morgan fingerprint density at radius 1 is 1.04 bits per heavy atom. The van der Waals surface area contributed by atoms with Gasteiger partial charge in [-0.25, -0.2) is 27.5 Å². The van der Waals surface area contributed by atoms with E-state index in [0.29, 0.717) is 30.2 Å². The molecule has 6 heterocycles. The maximum Gasteiger partial charge on any atom is 0.490 e. The van der Waals surface area contributed by atoms with Gasteiger partial charge in [-0.2, -0.15) is 13.2 Å². The van der Waals surface area contributed by atoms with E-state index in [4.69, 9.17) is 15.0 Å². The highest BCUT2D eigenvalue weighted by atomic mass is 19.4. The van der Waals surface area contributed by atoms with Gasteiger partial charge in [-0.15, -0.1) is 5.10 Å². The summed E-state index contributed by atoms with van der Waals surface area (Å²) in [5.41, 5.74) is 5.26. The van der Waals surface area contributed by atoms with Crippen molar-refractivity contribution in [3.8, 4) is 0 Å². The fourth-order valence-corrected chi connectivity index (χ4v) is 8.59. The van der Waals surface area contributed by atoms with Crippen molar-refractivity contribution in [1.29, 1.82) is 0 Å². The number of nitrogens with zero attached hydrogens (tertiary/aromatic N) is 6. The molecule has 8 rings (SSSR count). The van der Waals surface area contributed by atoms with Crippen molar-refractivity contribution in [1.82, 2.24) is 35.0 Å². The molecule has 1 unspecified atom stereocenters. The maximum absolute atomic E-state index is 15.5. The Morgan fingerprint density at radius 3 is 2.36 bits per heavy atom. The fraction of sp³-hybridized carbons (Fsp3) is 0.622. The highest BCUT2D eigenvalue weighted by Crippen LogP contribution is 2.40. The maximum atomic E-state index is 15.5. The molecule has 0 spiro atoms. The number of amides is 1. The molecule has 2 aromatic heterocycles. The Hall–Kier alpha value is -4.16. The normalized spacial score (nSPS) is 24.9. The molecule has 0 radical (unpaired) electrons. The predicted molar refractivity (Wildman–Crippen MR) is 193 cm³/mol. The zero-order valence-corrected chi connectivity index (χ0v) is 30.6. The van der Waals surface area contributed by atoms with Gasteiger partial charge in [-0.05, 0) is 94.2 Å². The molecule has 4 aliphatic heterocycles. The molecule has 0 bridgehead atoms. The molecule has 4 fully saturated rings. The number of likely N-dealkylation sites (tertiary alicyclic amines) is 2. The van der Waals surface area contributed by atoms with Crippen LogP contribution in [0.25, 0.3) is 5.65 Å². The van der Waals surface area contributed by atoms with E-state index >= 15 is 8.78 Å². The third kappa shape index (κ3) is 8.50. The van der Waals surface area contributed by atoms with E-state index < -0.39 is 36.3 Å². The molecule has 12 nitrogen and oxygen atoms in total. The van der Waals surface area contributed by atoms with E-state index in [9.17, 15) is 22.4 Å². The number of alkyl halides is 6. The summed E-state index contributed by atoms with van der Waals surface area (Å²) in [6.07, 6.45) is 1.87. The van der Waals surface area contributed by atoms with E-state index in [1.165, 1.54) is 17.3 Å². The van der Waals surface area contributed by atoms with Crippen LogP contribution in [0.15, 0.2) is 30.5 Å². The van der Waals surface area contributed by atoms with Gasteiger partial charge in [-0.3, -0.25) is 14.6 Å². The summed E-state index contributed by atoms with van der Waals surface area (Å²) in [6.45, 7) is 4.71. The molecular weight excluding hydrogens is 732 g/mol. The summed E-state index contributed by atoms with van der Waals surface area (Å²) in [5, 5.41) is 21.2. The summed E-state index contributed by atoms with van der Waals surface area (Å²) in [6, 6.07) is 7.55. The number of aromatic nitrogens is 3. The van der Waals surface area contributed by atoms with E-state index in [1.54, 1.807) is 4.52 Å². The quantitative estimate of drug-likeness (QED) is 0.240. The van der Waals surface area contributed by atoms with Gasteiger partial charge in [0.1, 0.15) is 6.17 Å². The molecule has 18 heteroatoms. The molecule has 4 N–H and O–H groups in total. The van der Waals surface area contributed by atoms with Gasteiger partial charge in [0.25, 0.3) is 11.8 Å². The van der Waals surface area contributed by atoms with Crippen molar-refractivity contribution in [3.05, 3.63) is 47.3 Å². The van der Waals surface area contributed by atoms with Gasteiger partial charge in [-0.1, -0.05) is 12.1 Å². The number of fused-ring (bicyclic) bond motifs is 2. The summed E-state index contributed by atoms with van der Waals surface area (Å²) in [5.74, 6) is -4.67. The number of aliphatic carboxylic acids is 1. The average Bonchev–Trinajstić information content (AvgIpc) is 3.48. The largest absolute Gasteiger partial charge is 0.490 e. The number of rotatable bonds is 8. The van der Waals surface area contributed by atoms with Gasteiger partial charge in [0.05, 0.1) is 30.5 Å². The zero-order chi connectivity index (χ0) is 39.1. The second-order valence-electron chi connectivity index (χ2n) is 15.2. The lowest BCUT2D eigenvalue weighted by Gasteiger charge is -2.48. The second-order valence-corrected chi connectivity index (χ2v) is 15.2. The number of imidazole rings is 1. The highest BCUT2D eigenvalue weighted by molar-refractivity contribution is 5.94. The molecule has 3 aromatic rings. The zero-order valence-electron chi connectivity index (χ0n) is 30.6. The van der Waals surface area contributed by atoms with Crippen LogP contribution in [-0.2, 0) is 17.6 Å². The van der Waals surface area contributed by atoms with Crippen LogP contribution in [0.5, 0.6) is 0 Å².